The van der Waals surface area contributed by atoms with E-state index in [4.69, 9.17) is 18.5 Å². The Kier molecular flexibility index (Phi) is 37.2. The number of esters is 2. The van der Waals surface area contributed by atoms with Crippen LogP contribution in [0.15, 0.2) is 48.6 Å². The van der Waals surface area contributed by atoms with Gasteiger partial charge in [0.05, 0.1) is 13.2 Å². The first kappa shape index (κ1) is 50.0. The zero-order valence-corrected chi connectivity index (χ0v) is 34.3. The van der Waals surface area contributed by atoms with Gasteiger partial charge in [0, 0.05) is 12.8 Å². The third-order valence-electron chi connectivity index (χ3n) is 8.62. The molecule has 0 aliphatic rings. The monoisotopic (exact) mass is 753 g/mol. The van der Waals surface area contributed by atoms with E-state index in [2.05, 4.69) is 62.5 Å². The quantitative estimate of drug-likeness (QED) is 0.0287. The van der Waals surface area contributed by atoms with Crippen molar-refractivity contribution >= 4 is 19.8 Å². The van der Waals surface area contributed by atoms with E-state index < -0.39 is 26.5 Å². The van der Waals surface area contributed by atoms with Gasteiger partial charge in [-0.15, -0.1) is 0 Å². The van der Waals surface area contributed by atoms with Crippen molar-refractivity contribution in [1.29, 1.82) is 0 Å². The van der Waals surface area contributed by atoms with Crippen LogP contribution in [-0.2, 0) is 32.7 Å². The molecule has 9 heteroatoms. The predicted octanol–water partition coefficient (Wildman–Crippen LogP) is 13.0. The standard InChI is InChI=1S/C43H77O8P/c1-4-7-9-11-13-15-17-19-21-22-24-26-28-30-32-34-36-38-43(45)51-41(40-50-52(46,47)49-6-3)39-48-42(44)37-35-33-31-29-27-25-23-20-18-16-14-12-10-8-5-2/h7,9,13,15,19-21,23,41H,4-6,8,10-12,14,16-18,22,24-40H2,1-3H3,(H,46,47)/b9-7-,15-13-,21-19-,23-20-. The number of unbranched alkanes of at least 4 members (excludes halogenated alkanes) is 18. The molecular weight excluding hydrogens is 675 g/mol. The molecule has 0 saturated carbocycles. The highest BCUT2D eigenvalue weighted by Gasteiger charge is 2.25. The van der Waals surface area contributed by atoms with Crippen LogP contribution in [0.25, 0.3) is 0 Å². The van der Waals surface area contributed by atoms with Crippen molar-refractivity contribution in [2.45, 2.75) is 194 Å². The average molecular weight is 753 g/mol. The highest BCUT2D eigenvalue weighted by Crippen LogP contribution is 2.43. The molecule has 0 radical (unpaired) electrons. The molecule has 1 N–H and O–H groups in total. The molecule has 0 spiro atoms. The van der Waals surface area contributed by atoms with E-state index in [0.29, 0.717) is 6.42 Å². The van der Waals surface area contributed by atoms with Crippen LogP contribution in [0.3, 0.4) is 0 Å². The summed E-state index contributed by atoms with van der Waals surface area (Å²) >= 11 is 0. The fourth-order valence-corrected chi connectivity index (χ4v) is 6.33. The molecule has 0 aliphatic carbocycles. The summed E-state index contributed by atoms with van der Waals surface area (Å²) in [5.41, 5.74) is 0. The van der Waals surface area contributed by atoms with Gasteiger partial charge in [-0.1, -0.05) is 146 Å². The van der Waals surface area contributed by atoms with Crippen LogP contribution in [0.4, 0.5) is 0 Å². The first-order valence-corrected chi connectivity index (χ1v) is 22.4. The van der Waals surface area contributed by atoms with Gasteiger partial charge in [0.2, 0.25) is 0 Å². The fourth-order valence-electron chi connectivity index (χ4n) is 5.58. The molecule has 2 unspecified atom stereocenters. The maximum absolute atomic E-state index is 12.5. The smallest absolute Gasteiger partial charge is 0.462 e. The SMILES string of the molecule is CC/C=C\C/C=C\C/C=C\CCCCCCCCCC(=O)OC(COC(=O)CCCCCCC/C=C\CCCCCCCC)COP(=O)(O)OCC. The Hall–Kier alpha value is -1.99. The van der Waals surface area contributed by atoms with Crippen molar-refractivity contribution in [3.8, 4) is 0 Å². The third-order valence-corrected chi connectivity index (χ3v) is 9.68. The molecule has 0 aromatic carbocycles. The molecular formula is C43H77O8P. The predicted molar refractivity (Wildman–Crippen MR) is 216 cm³/mol. The molecule has 2 atom stereocenters. The summed E-state index contributed by atoms with van der Waals surface area (Å²) in [6.45, 7) is 5.33. The maximum Gasteiger partial charge on any atom is 0.472 e. The van der Waals surface area contributed by atoms with Crippen LogP contribution in [-0.4, -0.2) is 42.8 Å². The molecule has 0 aromatic heterocycles. The van der Waals surface area contributed by atoms with Crippen molar-refractivity contribution in [1.82, 2.24) is 0 Å². The largest absolute Gasteiger partial charge is 0.472 e. The minimum atomic E-state index is -4.28. The second kappa shape index (κ2) is 38.7. The Bertz CT molecular complexity index is 990. The first-order chi connectivity index (χ1) is 25.3. The topological polar surface area (TPSA) is 108 Å². The summed E-state index contributed by atoms with van der Waals surface area (Å²) in [5.74, 6) is -0.819. The highest BCUT2D eigenvalue weighted by molar-refractivity contribution is 7.47. The fraction of sp³-hybridized carbons (Fsp3) is 0.767. The Morgan fingerprint density at radius 2 is 0.981 bits per heavy atom. The van der Waals surface area contributed by atoms with E-state index in [9.17, 15) is 19.0 Å². The Morgan fingerprint density at radius 3 is 1.50 bits per heavy atom. The summed E-state index contributed by atoms with van der Waals surface area (Å²) in [5, 5.41) is 0. The van der Waals surface area contributed by atoms with E-state index in [-0.39, 0.29) is 32.0 Å². The van der Waals surface area contributed by atoms with Gasteiger partial charge >= 0.3 is 19.8 Å². The number of carbonyl (C=O) groups is 2. The number of ether oxygens (including phenoxy) is 2. The molecule has 0 bridgehead atoms. The van der Waals surface area contributed by atoms with Gasteiger partial charge in [-0.2, -0.15) is 0 Å². The zero-order chi connectivity index (χ0) is 38.2. The maximum atomic E-state index is 12.5. The van der Waals surface area contributed by atoms with Crippen LogP contribution < -0.4 is 0 Å². The second-order valence-electron chi connectivity index (χ2n) is 13.6. The summed E-state index contributed by atoms with van der Waals surface area (Å²) in [6, 6.07) is 0. The molecule has 8 nitrogen and oxygen atoms in total. The number of hydrogen-bond donors (Lipinski definition) is 1. The van der Waals surface area contributed by atoms with Gasteiger partial charge in [-0.25, -0.2) is 4.57 Å². The lowest BCUT2D eigenvalue weighted by Crippen LogP contribution is -2.29. The van der Waals surface area contributed by atoms with Gasteiger partial charge in [0.1, 0.15) is 6.61 Å². The van der Waals surface area contributed by atoms with E-state index >= 15 is 0 Å². The van der Waals surface area contributed by atoms with E-state index in [1.807, 2.05) is 0 Å². The molecule has 0 heterocycles. The minimum absolute atomic E-state index is 0.00430. The lowest BCUT2D eigenvalue weighted by Gasteiger charge is -2.19. The van der Waals surface area contributed by atoms with Crippen LogP contribution >= 0.6 is 7.82 Å². The number of phosphoric acid groups is 1. The minimum Gasteiger partial charge on any atom is -0.462 e. The Morgan fingerprint density at radius 1 is 0.538 bits per heavy atom. The molecule has 0 saturated heterocycles. The summed E-state index contributed by atoms with van der Waals surface area (Å²) in [4.78, 5) is 34.7. The number of rotatable bonds is 38. The highest BCUT2D eigenvalue weighted by atomic mass is 31.2. The zero-order valence-electron chi connectivity index (χ0n) is 33.5. The third kappa shape index (κ3) is 37.8. The number of hydrogen-bond acceptors (Lipinski definition) is 7. The molecule has 0 fully saturated rings. The van der Waals surface area contributed by atoms with Crippen LogP contribution in [0.2, 0.25) is 0 Å². The van der Waals surface area contributed by atoms with Crippen molar-refractivity contribution in [3.63, 3.8) is 0 Å². The molecule has 52 heavy (non-hydrogen) atoms. The summed E-state index contributed by atoms with van der Waals surface area (Å²) in [6.07, 6.45) is 44.4. The molecule has 302 valence electrons. The number of phosphoric ester groups is 1. The molecule has 0 aliphatic heterocycles. The molecule has 0 amide bonds. The Labute approximate surface area is 318 Å². The molecule has 0 aromatic rings. The summed E-state index contributed by atoms with van der Waals surface area (Å²) in [7, 11) is -4.28. The summed E-state index contributed by atoms with van der Waals surface area (Å²) < 4.78 is 32.6. The van der Waals surface area contributed by atoms with Crippen molar-refractivity contribution in [2.24, 2.45) is 0 Å². The molecule has 0 rings (SSSR count). The van der Waals surface area contributed by atoms with Gasteiger partial charge < -0.3 is 14.4 Å². The first-order valence-electron chi connectivity index (χ1n) is 20.9. The lowest BCUT2D eigenvalue weighted by atomic mass is 10.1. The number of allylic oxidation sites excluding steroid dienone is 8. The van der Waals surface area contributed by atoms with E-state index in [0.717, 1.165) is 83.5 Å². The van der Waals surface area contributed by atoms with Crippen LogP contribution in [0.1, 0.15) is 188 Å². The van der Waals surface area contributed by atoms with Gasteiger partial charge in [-0.05, 0) is 77.6 Å². The van der Waals surface area contributed by atoms with Gasteiger partial charge in [0.25, 0.3) is 0 Å². The van der Waals surface area contributed by atoms with Gasteiger partial charge in [0.15, 0.2) is 6.10 Å². The second-order valence-corrected chi connectivity index (χ2v) is 15.1. The van der Waals surface area contributed by atoms with Crippen LogP contribution in [0.5, 0.6) is 0 Å². The van der Waals surface area contributed by atoms with Gasteiger partial charge in [-0.3, -0.25) is 18.6 Å². The Balaban J connectivity index is 4.13. The lowest BCUT2D eigenvalue weighted by molar-refractivity contribution is -0.161. The average Bonchev–Trinajstić information content (AvgIpc) is 3.12. The van der Waals surface area contributed by atoms with Crippen molar-refractivity contribution < 1.29 is 37.6 Å². The van der Waals surface area contributed by atoms with E-state index in [1.54, 1.807) is 6.92 Å². The van der Waals surface area contributed by atoms with Crippen molar-refractivity contribution in [3.05, 3.63) is 48.6 Å². The van der Waals surface area contributed by atoms with Crippen molar-refractivity contribution in [2.75, 3.05) is 19.8 Å². The number of carbonyl (C=O) groups excluding carboxylic acids is 2. The van der Waals surface area contributed by atoms with Crippen LogP contribution in [0, 0.1) is 0 Å². The van der Waals surface area contributed by atoms with E-state index in [1.165, 1.54) is 64.2 Å². The normalized spacial score (nSPS) is 13.8.